The highest BCUT2D eigenvalue weighted by Crippen LogP contribution is 2.25. The van der Waals surface area contributed by atoms with E-state index in [1.165, 1.54) is 31.7 Å². The van der Waals surface area contributed by atoms with Crippen molar-refractivity contribution in [2.45, 2.75) is 38.5 Å². The minimum absolute atomic E-state index is 0.0914. The molecule has 22 heavy (non-hydrogen) atoms. The van der Waals surface area contributed by atoms with Crippen molar-refractivity contribution in [3.05, 3.63) is 18.1 Å². The second kappa shape index (κ2) is 8.31. The molecule has 1 fully saturated rings. The Bertz CT molecular complexity index is 498. The summed E-state index contributed by atoms with van der Waals surface area (Å²) in [7, 11) is 0. The summed E-state index contributed by atoms with van der Waals surface area (Å²) in [4.78, 5) is 30.2. The quantitative estimate of drug-likeness (QED) is 0.662. The van der Waals surface area contributed by atoms with Gasteiger partial charge < -0.3 is 15.7 Å². The molecular formula is C15H22N4O3. The maximum Gasteiger partial charge on any atom is 0.356 e. The van der Waals surface area contributed by atoms with Gasteiger partial charge in [-0.1, -0.05) is 19.3 Å². The molecule has 0 bridgehead atoms. The van der Waals surface area contributed by atoms with Gasteiger partial charge in [-0.05, 0) is 18.8 Å². The number of amides is 1. The second-order valence-electron chi connectivity index (χ2n) is 5.58. The zero-order valence-corrected chi connectivity index (χ0v) is 12.5. The van der Waals surface area contributed by atoms with Gasteiger partial charge in [0.1, 0.15) is 5.82 Å². The van der Waals surface area contributed by atoms with Crippen LogP contribution >= 0.6 is 0 Å². The topological polar surface area (TPSA) is 104 Å². The third kappa shape index (κ3) is 5.31. The van der Waals surface area contributed by atoms with Gasteiger partial charge in [-0.3, -0.25) is 4.79 Å². The number of hydrogen-bond acceptors (Lipinski definition) is 5. The van der Waals surface area contributed by atoms with E-state index in [0.29, 0.717) is 31.2 Å². The molecule has 1 saturated carbocycles. The molecule has 0 radical (unpaired) electrons. The van der Waals surface area contributed by atoms with E-state index in [2.05, 4.69) is 20.6 Å². The zero-order chi connectivity index (χ0) is 15.8. The Labute approximate surface area is 129 Å². The predicted molar refractivity (Wildman–Crippen MR) is 81.7 cm³/mol. The number of aromatic nitrogens is 2. The van der Waals surface area contributed by atoms with Crippen LogP contribution in [0, 0.1) is 5.92 Å². The number of aromatic carboxylic acids is 1. The van der Waals surface area contributed by atoms with Crippen LogP contribution in [0.4, 0.5) is 5.82 Å². The number of anilines is 1. The van der Waals surface area contributed by atoms with Crippen molar-refractivity contribution in [2.75, 3.05) is 18.4 Å². The summed E-state index contributed by atoms with van der Waals surface area (Å²) < 4.78 is 0. The van der Waals surface area contributed by atoms with Crippen LogP contribution in [0.2, 0.25) is 0 Å². The molecule has 0 aromatic carbocycles. The molecule has 0 saturated heterocycles. The van der Waals surface area contributed by atoms with E-state index in [9.17, 15) is 9.59 Å². The smallest absolute Gasteiger partial charge is 0.356 e. The van der Waals surface area contributed by atoms with Gasteiger partial charge in [0.15, 0.2) is 5.69 Å². The van der Waals surface area contributed by atoms with Crippen LogP contribution in [0.1, 0.15) is 49.0 Å². The van der Waals surface area contributed by atoms with Crippen LogP contribution in [0.5, 0.6) is 0 Å². The summed E-state index contributed by atoms with van der Waals surface area (Å²) in [5, 5.41) is 14.6. The van der Waals surface area contributed by atoms with E-state index in [0.717, 1.165) is 12.8 Å². The lowest BCUT2D eigenvalue weighted by molar-refractivity contribution is -0.122. The van der Waals surface area contributed by atoms with Crippen molar-refractivity contribution in [1.82, 2.24) is 15.3 Å². The highest BCUT2D eigenvalue weighted by molar-refractivity contribution is 5.84. The first-order valence-corrected chi connectivity index (χ1v) is 7.71. The summed E-state index contributed by atoms with van der Waals surface area (Å²) in [5.74, 6) is 0.0257. The Morgan fingerprint density at radius 2 is 1.91 bits per heavy atom. The van der Waals surface area contributed by atoms with E-state index < -0.39 is 5.97 Å². The molecule has 7 nitrogen and oxygen atoms in total. The normalized spacial score (nSPS) is 15.3. The SMILES string of the molecule is O=C(CC1CCCCC1)NCCNc1cnc(C(=O)O)cn1. The van der Waals surface area contributed by atoms with Gasteiger partial charge in [-0.25, -0.2) is 14.8 Å². The van der Waals surface area contributed by atoms with Crippen molar-refractivity contribution >= 4 is 17.7 Å². The van der Waals surface area contributed by atoms with Crippen LogP contribution in [-0.4, -0.2) is 40.0 Å². The Morgan fingerprint density at radius 3 is 2.55 bits per heavy atom. The number of rotatable bonds is 7. The van der Waals surface area contributed by atoms with Gasteiger partial charge in [0.2, 0.25) is 5.91 Å². The minimum Gasteiger partial charge on any atom is -0.476 e. The maximum absolute atomic E-state index is 11.8. The summed E-state index contributed by atoms with van der Waals surface area (Å²) in [6.07, 6.45) is 9.29. The minimum atomic E-state index is -1.10. The van der Waals surface area contributed by atoms with Crippen molar-refractivity contribution in [3.63, 3.8) is 0 Å². The molecule has 1 aliphatic carbocycles. The summed E-state index contributed by atoms with van der Waals surface area (Å²) in [5.41, 5.74) is -0.0914. The third-order valence-corrected chi connectivity index (χ3v) is 3.82. The number of carboxylic acid groups (broad SMARTS) is 1. The molecule has 0 spiro atoms. The number of hydrogen-bond donors (Lipinski definition) is 3. The molecule has 120 valence electrons. The lowest BCUT2D eigenvalue weighted by atomic mass is 9.87. The molecule has 1 aromatic rings. The Hall–Kier alpha value is -2.18. The van der Waals surface area contributed by atoms with E-state index in [1.54, 1.807) is 0 Å². The summed E-state index contributed by atoms with van der Waals surface area (Å²) >= 11 is 0. The summed E-state index contributed by atoms with van der Waals surface area (Å²) in [6.45, 7) is 1.03. The lowest BCUT2D eigenvalue weighted by Gasteiger charge is -2.20. The first-order chi connectivity index (χ1) is 10.6. The molecular weight excluding hydrogens is 284 g/mol. The Kier molecular flexibility index (Phi) is 6.12. The van der Waals surface area contributed by atoms with Crippen LogP contribution in [0.15, 0.2) is 12.4 Å². The molecule has 7 heteroatoms. The van der Waals surface area contributed by atoms with Crippen molar-refractivity contribution < 1.29 is 14.7 Å². The average molecular weight is 306 g/mol. The number of carbonyl (C=O) groups is 2. The molecule has 1 aliphatic rings. The highest BCUT2D eigenvalue weighted by atomic mass is 16.4. The van der Waals surface area contributed by atoms with Crippen molar-refractivity contribution in [3.8, 4) is 0 Å². The van der Waals surface area contributed by atoms with Gasteiger partial charge in [-0.15, -0.1) is 0 Å². The molecule has 1 amide bonds. The molecule has 3 N–H and O–H groups in total. The fourth-order valence-corrected chi connectivity index (χ4v) is 2.65. The van der Waals surface area contributed by atoms with Crippen LogP contribution in [0.3, 0.4) is 0 Å². The summed E-state index contributed by atoms with van der Waals surface area (Å²) in [6, 6.07) is 0. The van der Waals surface area contributed by atoms with Crippen LogP contribution in [0.25, 0.3) is 0 Å². The number of nitrogens with one attached hydrogen (secondary N) is 2. The number of carbonyl (C=O) groups excluding carboxylic acids is 1. The van der Waals surface area contributed by atoms with E-state index in [1.807, 2.05) is 0 Å². The number of carboxylic acids is 1. The van der Waals surface area contributed by atoms with E-state index in [-0.39, 0.29) is 11.6 Å². The van der Waals surface area contributed by atoms with Gasteiger partial charge in [0.25, 0.3) is 0 Å². The predicted octanol–water partition coefficient (Wildman–Crippen LogP) is 1.67. The van der Waals surface area contributed by atoms with Crippen molar-refractivity contribution in [2.24, 2.45) is 5.92 Å². The van der Waals surface area contributed by atoms with E-state index >= 15 is 0 Å². The molecule has 1 heterocycles. The first-order valence-electron chi connectivity index (χ1n) is 7.71. The molecule has 1 aromatic heterocycles. The fraction of sp³-hybridized carbons (Fsp3) is 0.600. The maximum atomic E-state index is 11.8. The van der Waals surface area contributed by atoms with Gasteiger partial charge in [0, 0.05) is 19.5 Å². The largest absolute Gasteiger partial charge is 0.476 e. The van der Waals surface area contributed by atoms with Crippen molar-refractivity contribution in [1.29, 1.82) is 0 Å². The zero-order valence-electron chi connectivity index (χ0n) is 12.5. The molecule has 0 atom stereocenters. The molecule has 2 rings (SSSR count). The Balaban J connectivity index is 1.61. The second-order valence-corrected chi connectivity index (χ2v) is 5.58. The van der Waals surface area contributed by atoms with Gasteiger partial charge >= 0.3 is 5.97 Å². The average Bonchev–Trinajstić information content (AvgIpc) is 2.53. The lowest BCUT2D eigenvalue weighted by Crippen LogP contribution is -2.30. The molecule has 0 aliphatic heterocycles. The van der Waals surface area contributed by atoms with Gasteiger partial charge in [0.05, 0.1) is 12.4 Å². The number of nitrogens with zero attached hydrogens (tertiary/aromatic N) is 2. The highest BCUT2D eigenvalue weighted by Gasteiger charge is 2.16. The third-order valence-electron chi connectivity index (χ3n) is 3.82. The van der Waals surface area contributed by atoms with Crippen LogP contribution in [-0.2, 0) is 4.79 Å². The van der Waals surface area contributed by atoms with Gasteiger partial charge in [-0.2, -0.15) is 0 Å². The Morgan fingerprint density at radius 1 is 1.14 bits per heavy atom. The van der Waals surface area contributed by atoms with Crippen LogP contribution < -0.4 is 10.6 Å². The molecule has 0 unspecified atom stereocenters. The fourth-order valence-electron chi connectivity index (χ4n) is 2.65. The standard InChI is InChI=1S/C15H22N4O3/c20-14(8-11-4-2-1-3-5-11)17-7-6-16-13-10-18-12(9-19-13)15(21)22/h9-11H,1-8H2,(H,16,19)(H,17,20)(H,21,22). The first kappa shape index (κ1) is 16.2. The monoisotopic (exact) mass is 306 g/mol. The van der Waals surface area contributed by atoms with E-state index in [4.69, 9.17) is 5.11 Å².